The Kier molecular flexibility index (Phi) is 5.17. The lowest BCUT2D eigenvalue weighted by atomic mass is 9.89. The molecule has 1 nitrogen and oxygen atoms in total. The maximum Gasteiger partial charge on any atom is 0.143 e. The van der Waals surface area contributed by atoms with Crippen LogP contribution in [0, 0.1) is 11.6 Å². The second-order valence-electron chi connectivity index (χ2n) is 5.30. The highest BCUT2D eigenvalue weighted by Crippen LogP contribution is 2.27. The van der Waals surface area contributed by atoms with E-state index >= 15 is 0 Å². The molecule has 0 aliphatic rings. The van der Waals surface area contributed by atoms with E-state index < -0.39 is 17.2 Å². The topological polar surface area (TPSA) is 20.2 Å². The van der Waals surface area contributed by atoms with E-state index in [2.05, 4.69) is 31.9 Å². The van der Waals surface area contributed by atoms with Crippen LogP contribution in [0.25, 0.3) is 0 Å². The van der Waals surface area contributed by atoms with Crippen molar-refractivity contribution in [2.45, 2.75) is 25.4 Å². The summed E-state index contributed by atoms with van der Waals surface area (Å²) in [6, 6.07) is 9.98. The summed E-state index contributed by atoms with van der Waals surface area (Å²) in [6.45, 7) is 1.58. The first-order valence-electron chi connectivity index (χ1n) is 6.38. The van der Waals surface area contributed by atoms with Crippen LogP contribution in [0.15, 0.2) is 45.3 Å². The zero-order valence-electron chi connectivity index (χ0n) is 11.3. The van der Waals surface area contributed by atoms with Gasteiger partial charge in [0.25, 0.3) is 0 Å². The Morgan fingerprint density at radius 2 is 1.62 bits per heavy atom. The number of aliphatic hydroxyl groups is 1. The lowest BCUT2D eigenvalue weighted by Gasteiger charge is -2.24. The fourth-order valence-corrected chi connectivity index (χ4v) is 2.85. The van der Waals surface area contributed by atoms with E-state index in [4.69, 9.17) is 0 Å². The molecule has 0 saturated carbocycles. The molecule has 0 spiro atoms. The molecule has 2 rings (SSSR count). The van der Waals surface area contributed by atoms with Crippen molar-refractivity contribution < 1.29 is 13.9 Å². The minimum Gasteiger partial charge on any atom is -0.389 e. The van der Waals surface area contributed by atoms with Crippen LogP contribution in [-0.2, 0) is 12.8 Å². The van der Waals surface area contributed by atoms with E-state index in [1.165, 1.54) is 12.1 Å². The highest BCUT2D eigenvalue weighted by atomic mass is 79.9. The van der Waals surface area contributed by atoms with Crippen molar-refractivity contribution in [2.75, 3.05) is 0 Å². The molecule has 2 aromatic carbocycles. The first-order chi connectivity index (χ1) is 9.78. The molecule has 0 bridgehead atoms. The van der Waals surface area contributed by atoms with E-state index in [9.17, 15) is 13.9 Å². The largest absolute Gasteiger partial charge is 0.389 e. The van der Waals surface area contributed by atoms with Crippen LogP contribution >= 0.6 is 31.9 Å². The number of hydrogen-bond donors (Lipinski definition) is 1. The molecule has 2 aromatic rings. The van der Waals surface area contributed by atoms with Gasteiger partial charge in [-0.15, -0.1) is 0 Å². The van der Waals surface area contributed by atoms with Gasteiger partial charge in [0.15, 0.2) is 0 Å². The zero-order chi connectivity index (χ0) is 15.6. The first kappa shape index (κ1) is 16.6. The van der Waals surface area contributed by atoms with Crippen LogP contribution in [0.4, 0.5) is 8.78 Å². The molecule has 1 atom stereocenters. The van der Waals surface area contributed by atoms with Gasteiger partial charge in [-0.2, -0.15) is 0 Å². The highest BCUT2D eigenvalue weighted by Gasteiger charge is 2.26. The lowest BCUT2D eigenvalue weighted by molar-refractivity contribution is 0.0589. The zero-order valence-corrected chi connectivity index (χ0v) is 14.5. The molecule has 0 radical (unpaired) electrons. The quantitative estimate of drug-likeness (QED) is 0.689. The van der Waals surface area contributed by atoms with Crippen LogP contribution in [0.3, 0.4) is 0 Å². The Bertz CT molecular complexity index is 639. The monoisotopic (exact) mass is 418 g/mol. The number of halogens is 4. The second kappa shape index (κ2) is 6.55. The molecule has 0 aliphatic heterocycles. The molecule has 21 heavy (non-hydrogen) atoms. The van der Waals surface area contributed by atoms with Crippen LogP contribution < -0.4 is 0 Å². The van der Waals surface area contributed by atoms with Crippen LogP contribution in [-0.4, -0.2) is 10.7 Å². The fraction of sp³-hybridized carbons (Fsp3) is 0.250. The van der Waals surface area contributed by atoms with Gasteiger partial charge in [0.05, 0.1) is 10.1 Å². The smallest absolute Gasteiger partial charge is 0.143 e. The van der Waals surface area contributed by atoms with Gasteiger partial charge in [-0.05, 0) is 52.7 Å². The summed E-state index contributed by atoms with van der Waals surface area (Å²) in [5.74, 6) is -1.31. The Labute approximate surface area is 139 Å². The summed E-state index contributed by atoms with van der Waals surface area (Å²) in [5, 5.41) is 10.5. The van der Waals surface area contributed by atoms with Crippen LogP contribution in [0.2, 0.25) is 0 Å². The molecule has 0 aromatic heterocycles. The molecule has 5 heteroatoms. The Balaban J connectivity index is 2.21. The third kappa shape index (κ3) is 4.34. The second-order valence-corrected chi connectivity index (χ2v) is 7.07. The van der Waals surface area contributed by atoms with E-state index in [1.54, 1.807) is 6.92 Å². The summed E-state index contributed by atoms with van der Waals surface area (Å²) < 4.78 is 28.9. The molecule has 0 saturated heterocycles. The molecule has 0 amide bonds. The van der Waals surface area contributed by atoms with Gasteiger partial charge in [0.1, 0.15) is 11.6 Å². The number of benzene rings is 2. The van der Waals surface area contributed by atoms with Crippen molar-refractivity contribution in [2.24, 2.45) is 0 Å². The Hall–Kier alpha value is -0.780. The van der Waals surface area contributed by atoms with Crippen LogP contribution in [0.1, 0.15) is 18.1 Å². The van der Waals surface area contributed by atoms with Gasteiger partial charge in [-0.1, -0.05) is 28.1 Å². The normalized spacial score (nSPS) is 14.0. The predicted molar refractivity (Wildman–Crippen MR) is 86.2 cm³/mol. The summed E-state index contributed by atoms with van der Waals surface area (Å²) in [5.41, 5.74) is -0.443. The van der Waals surface area contributed by atoms with E-state index in [0.717, 1.165) is 10.0 Å². The molecule has 1 unspecified atom stereocenters. The molecular weight excluding hydrogens is 406 g/mol. The van der Waals surface area contributed by atoms with Crippen molar-refractivity contribution in [3.8, 4) is 0 Å². The third-order valence-electron chi connectivity index (χ3n) is 3.19. The van der Waals surface area contributed by atoms with Crippen molar-refractivity contribution in [3.05, 3.63) is 68.1 Å². The summed E-state index contributed by atoms with van der Waals surface area (Å²) in [6.07, 6.45) is 0.214. The van der Waals surface area contributed by atoms with Gasteiger partial charge in [-0.3, -0.25) is 0 Å². The average Bonchev–Trinajstić information content (AvgIpc) is 2.42. The SMILES string of the molecule is CC(O)(Cc1ccc(Br)cc1)Cc1c(F)ccc(Br)c1F. The fourth-order valence-electron chi connectivity index (χ4n) is 2.22. The van der Waals surface area contributed by atoms with Gasteiger partial charge in [-0.25, -0.2) is 8.78 Å². The minimum atomic E-state index is -1.24. The molecule has 0 heterocycles. The summed E-state index contributed by atoms with van der Waals surface area (Å²) >= 11 is 6.37. The molecule has 0 fully saturated rings. The standard InChI is InChI=1S/C16H14Br2F2O/c1-16(21,8-10-2-4-11(17)5-3-10)9-12-14(19)7-6-13(18)15(12)20/h2-7,21H,8-9H2,1H3. The van der Waals surface area contributed by atoms with Crippen molar-refractivity contribution in [1.82, 2.24) is 0 Å². The first-order valence-corrected chi connectivity index (χ1v) is 7.96. The van der Waals surface area contributed by atoms with Crippen molar-refractivity contribution in [1.29, 1.82) is 0 Å². The van der Waals surface area contributed by atoms with Gasteiger partial charge >= 0.3 is 0 Å². The van der Waals surface area contributed by atoms with Crippen LogP contribution in [0.5, 0.6) is 0 Å². The predicted octanol–water partition coefficient (Wildman–Crippen LogP) is 5.03. The average molecular weight is 420 g/mol. The van der Waals surface area contributed by atoms with E-state index in [-0.39, 0.29) is 16.5 Å². The summed E-state index contributed by atoms with van der Waals surface area (Å²) in [7, 11) is 0. The van der Waals surface area contributed by atoms with Gasteiger partial charge in [0, 0.05) is 22.9 Å². The lowest BCUT2D eigenvalue weighted by Crippen LogP contribution is -2.31. The molecular formula is C16H14Br2F2O. The van der Waals surface area contributed by atoms with E-state index in [0.29, 0.717) is 6.42 Å². The molecule has 1 N–H and O–H groups in total. The van der Waals surface area contributed by atoms with Crippen molar-refractivity contribution in [3.63, 3.8) is 0 Å². The van der Waals surface area contributed by atoms with Crippen molar-refractivity contribution >= 4 is 31.9 Å². The maximum atomic E-state index is 14.0. The Morgan fingerprint density at radius 1 is 1.00 bits per heavy atom. The highest BCUT2D eigenvalue weighted by molar-refractivity contribution is 9.10. The number of hydrogen-bond acceptors (Lipinski definition) is 1. The van der Waals surface area contributed by atoms with Gasteiger partial charge in [0.2, 0.25) is 0 Å². The van der Waals surface area contributed by atoms with E-state index in [1.807, 2.05) is 24.3 Å². The third-order valence-corrected chi connectivity index (χ3v) is 4.34. The minimum absolute atomic E-state index is 0.0971. The maximum absolute atomic E-state index is 14.0. The summed E-state index contributed by atoms with van der Waals surface area (Å²) in [4.78, 5) is 0. The molecule has 112 valence electrons. The number of rotatable bonds is 4. The van der Waals surface area contributed by atoms with Gasteiger partial charge < -0.3 is 5.11 Å². The molecule has 0 aliphatic carbocycles. The Morgan fingerprint density at radius 3 is 2.24 bits per heavy atom.